The number of amides is 1. The smallest absolute Gasteiger partial charge is 0.257 e. The molecule has 1 aliphatic rings. The van der Waals surface area contributed by atoms with Crippen LogP contribution < -0.4 is 10.5 Å². The van der Waals surface area contributed by atoms with Crippen LogP contribution in [0.25, 0.3) is 0 Å². The lowest BCUT2D eigenvalue weighted by atomic mass is 9.92. The zero-order chi connectivity index (χ0) is 18.5. The van der Waals surface area contributed by atoms with Gasteiger partial charge in [0, 0.05) is 29.7 Å². The molecule has 0 radical (unpaired) electrons. The lowest BCUT2D eigenvalue weighted by Gasteiger charge is -2.35. The summed E-state index contributed by atoms with van der Waals surface area (Å²) in [5.41, 5.74) is 7.53. The van der Waals surface area contributed by atoms with Crippen LogP contribution in [-0.4, -0.2) is 29.9 Å². The van der Waals surface area contributed by atoms with Crippen molar-refractivity contribution < 1.29 is 9.53 Å². The van der Waals surface area contributed by atoms with Crippen LogP contribution in [0.5, 0.6) is 5.75 Å². The summed E-state index contributed by atoms with van der Waals surface area (Å²) >= 11 is 6.19. The number of carbonyl (C=O) groups is 1. The molecular weight excluding hydrogens is 348 g/mol. The van der Waals surface area contributed by atoms with Crippen molar-refractivity contribution in [3.63, 3.8) is 0 Å². The molecule has 4 nitrogen and oxygen atoms in total. The van der Waals surface area contributed by atoms with Gasteiger partial charge in [0.15, 0.2) is 0 Å². The number of likely N-dealkylation sites (tertiary alicyclic amines) is 1. The van der Waals surface area contributed by atoms with Gasteiger partial charge >= 0.3 is 0 Å². The van der Waals surface area contributed by atoms with Crippen LogP contribution >= 0.6 is 11.6 Å². The van der Waals surface area contributed by atoms with Gasteiger partial charge in [-0.25, -0.2) is 0 Å². The van der Waals surface area contributed by atoms with Gasteiger partial charge < -0.3 is 15.4 Å². The van der Waals surface area contributed by atoms with E-state index in [1.165, 1.54) is 0 Å². The van der Waals surface area contributed by atoms with Crippen molar-refractivity contribution in [2.75, 3.05) is 13.1 Å². The fourth-order valence-corrected chi connectivity index (χ4v) is 3.52. The van der Waals surface area contributed by atoms with Crippen LogP contribution in [0.4, 0.5) is 0 Å². The third-order valence-electron chi connectivity index (χ3n) is 4.95. The van der Waals surface area contributed by atoms with Crippen molar-refractivity contribution in [2.24, 2.45) is 11.7 Å². The number of benzene rings is 2. The molecule has 0 aliphatic carbocycles. The fraction of sp³-hybridized carbons (Fsp3) is 0.381. The lowest BCUT2D eigenvalue weighted by Crippen LogP contribution is -2.45. The van der Waals surface area contributed by atoms with E-state index in [4.69, 9.17) is 22.1 Å². The Labute approximate surface area is 159 Å². The maximum absolute atomic E-state index is 13.0. The molecule has 0 aromatic heterocycles. The zero-order valence-electron chi connectivity index (χ0n) is 15.0. The van der Waals surface area contributed by atoms with Crippen LogP contribution in [0.3, 0.4) is 0 Å². The maximum atomic E-state index is 13.0. The summed E-state index contributed by atoms with van der Waals surface area (Å²) in [7, 11) is 0. The summed E-state index contributed by atoms with van der Waals surface area (Å²) in [4.78, 5) is 14.9. The van der Waals surface area contributed by atoms with Gasteiger partial charge in [0.05, 0.1) is 5.56 Å². The Morgan fingerprint density at radius 2 is 2.00 bits per heavy atom. The largest absolute Gasteiger partial charge is 0.488 e. The predicted octanol–water partition coefficient (Wildman–Crippen LogP) is 4.12. The molecule has 2 aromatic carbocycles. The molecule has 1 aliphatic heterocycles. The number of hydrogen-bond donors (Lipinski definition) is 1. The molecule has 2 N–H and O–H groups in total. The van der Waals surface area contributed by atoms with Gasteiger partial charge in [0.1, 0.15) is 12.4 Å². The second kappa shape index (κ2) is 8.56. The molecule has 2 atom stereocenters. The first kappa shape index (κ1) is 18.7. The molecule has 2 unspecified atom stereocenters. The van der Waals surface area contributed by atoms with Crippen molar-refractivity contribution in [1.29, 1.82) is 0 Å². The number of ether oxygens (including phenoxy) is 1. The average molecular weight is 373 g/mol. The van der Waals surface area contributed by atoms with Crippen molar-refractivity contribution in [3.05, 3.63) is 64.7 Å². The monoisotopic (exact) mass is 372 g/mol. The molecule has 1 amide bonds. The highest BCUT2D eigenvalue weighted by atomic mass is 35.5. The molecule has 0 spiro atoms. The third kappa shape index (κ3) is 4.37. The minimum Gasteiger partial charge on any atom is -0.488 e. The summed E-state index contributed by atoms with van der Waals surface area (Å²) in [5.74, 6) is 0.939. The van der Waals surface area contributed by atoms with Crippen LogP contribution in [0.15, 0.2) is 48.5 Å². The summed E-state index contributed by atoms with van der Waals surface area (Å²) in [6.45, 7) is 3.81. The van der Waals surface area contributed by atoms with Gasteiger partial charge in [-0.3, -0.25) is 4.79 Å². The standard InChI is InChI=1S/C21H25ClN2O2/c1-15(23)16-8-6-12-24(13-16)21(25)18-9-3-5-11-20(18)26-14-17-7-2-4-10-19(17)22/h2-5,7,9-11,15-16H,6,8,12-14,23H2,1H3. The van der Waals surface area contributed by atoms with E-state index in [-0.39, 0.29) is 11.9 Å². The zero-order valence-corrected chi connectivity index (χ0v) is 15.8. The number of hydrogen-bond acceptors (Lipinski definition) is 3. The van der Waals surface area contributed by atoms with E-state index in [9.17, 15) is 4.79 Å². The van der Waals surface area contributed by atoms with E-state index in [0.717, 1.165) is 24.9 Å². The van der Waals surface area contributed by atoms with Crippen molar-refractivity contribution in [1.82, 2.24) is 4.90 Å². The number of nitrogens with two attached hydrogens (primary N) is 1. The number of rotatable bonds is 5. The minimum atomic E-state index is 0.00473. The lowest BCUT2D eigenvalue weighted by molar-refractivity contribution is 0.0656. The molecule has 1 heterocycles. The summed E-state index contributed by atoms with van der Waals surface area (Å²) in [6, 6.07) is 15.0. The molecule has 1 fully saturated rings. The molecule has 5 heteroatoms. The maximum Gasteiger partial charge on any atom is 0.257 e. The van der Waals surface area contributed by atoms with Crippen LogP contribution in [0.2, 0.25) is 5.02 Å². The van der Waals surface area contributed by atoms with Crippen LogP contribution in [-0.2, 0) is 6.61 Å². The SMILES string of the molecule is CC(N)C1CCCN(C(=O)c2ccccc2OCc2ccccc2Cl)C1. The van der Waals surface area contributed by atoms with E-state index >= 15 is 0 Å². The highest BCUT2D eigenvalue weighted by Gasteiger charge is 2.27. The highest BCUT2D eigenvalue weighted by Crippen LogP contribution is 2.26. The van der Waals surface area contributed by atoms with E-state index in [1.54, 1.807) is 0 Å². The van der Waals surface area contributed by atoms with Gasteiger partial charge in [-0.05, 0) is 43.9 Å². The van der Waals surface area contributed by atoms with E-state index in [2.05, 4.69) is 0 Å². The third-order valence-corrected chi connectivity index (χ3v) is 5.32. The first-order valence-electron chi connectivity index (χ1n) is 9.06. The van der Waals surface area contributed by atoms with E-state index < -0.39 is 0 Å². The number of piperidine rings is 1. The molecule has 3 rings (SSSR count). The number of nitrogens with zero attached hydrogens (tertiary/aromatic N) is 1. The molecule has 0 bridgehead atoms. The van der Waals surface area contributed by atoms with Crippen molar-refractivity contribution >= 4 is 17.5 Å². The first-order chi connectivity index (χ1) is 12.6. The quantitative estimate of drug-likeness (QED) is 0.858. The molecule has 26 heavy (non-hydrogen) atoms. The first-order valence-corrected chi connectivity index (χ1v) is 9.44. The number of halogens is 1. The van der Waals surface area contributed by atoms with E-state index in [1.807, 2.05) is 60.4 Å². The molecule has 0 saturated carbocycles. The van der Waals surface area contributed by atoms with Gasteiger partial charge in [-0.15, -0.1) is 0 Å². The molecule has 2 aromatic rings. The number of carbonyl (C=O) groups excluding carboxylic acids is 1. The summed E-state index contributed by atoms with van der Waals surface area (Å²) in [6.07, 6.45) is 2.06. The Hall–Kier alpha value is -2.04. The second-order valence-corrected chi connectivity index (χ2v) is 7.30. The van der Waals surface area contributed by atoms with Crippen LogP contribution in [0, 0.1) is 5.92 Å². The minimum absolute atomic E-state index is 0.00473. The Kier molecular flexibility index (Phi) is 6.17. The molecule has 1 saturated heterocycles. The fourth-order valence-electron chi connectivity index (χ4n) is 3.33. The van der Waals surface area contributed by atoms with Gasteiger partial charge in [-0.2, -0.15) is 0 Å². The van der Waals surface area contributed by atoms with Gasteiger partial charge in [0.25, 0.3) is 5.91 Å². The van der Waals surface area contributed by atoms with E-state index in [0.29, 0.717) is 35.4 Å². The molecular formula is C21H25ClN2O2. The van der Waals surface area contributed by atoms with Crippen molar-refractivity contribution in [2.45, 2.75) is 32.4 Å². The topological polar surface area (TPSA) is 55.6 Å². The average Bonchev–Trinajstić information content (AvgIpc) is 2.67. The normalized spacial score (nSPS) is 18.4. The van der Waals surface area contributed by atoms with Gasteiger partial charge in [-0.1, -0.05) is 41.9 Å². The van der Waals surface area contributed by atoms with Gasteiger partial charge in [0.2, 0.25) is 0 Å². The summed E-state index contributed by atoms with van der Waals surface area (Å²) in [5, 5.41) is 0.659. The predicted molar refractivity (Wildman–Crippen MR) is 105 cm³/mol. The van der Waals surface area contributed by atoms with Crippen molar-refractivity contribution in [3.8, 4) is 5.75 Å². The molecule has 138 valence electrons. The second-order valence-electron chi connectivity index (χ2n) is 6.89. The Balaban J connectivity index is 1.74. The van der Waals surface area contributed by atoms with Crippen LogP contribution in [0.1, 0.15) is 35.7 Å². The number of para-hydroxylation sites is 1. The Morgan fingerprint density at radius 3 is 2.77 bits per heavy atom. The summed E-state index contributed by atoms with van der Waals surface area (Å²) < 4.78 is 5.93. The Bertz CT molecular complexity index is 763. The Morgan fingerprint density at radius 1 is 1.27 bits per heavy atom. The highest BCUT2D eigenvalue weighted by molar-refractivity contribution is 6.31.